The average Bonchev–Trinajstić information content (AvgIpc) is 3.33. The Kier molecular flexibility index (Phi) is 7.09. The van der Waals surface area contributed by atoms with Gasteiger partial charge >= 0.3 is 0 Å². The molecule has 2 fully saturated rings. The molecule has 0 spiro atoms. The summed E-state index contributed by atoms with van der Waals surface area (Å²) in [5.41, 5.74) is 0.388. The van der Waals surface area contributed by atoms with Gasteiger partial charge in [-0.1, -0.05) is 23.7 Å². The van der Waals surface area contributed by atoms with Gasteiger partial charge in [-0.2, -0.15) is 0 Å². The summed E-state index contributed by atoms with van der Waals surface area (Å²) in [6.45, 7) is 1.31. The van der Waals surface area contributed by atoms with Crippen LogP contribution in [-0.2, 0) is 26.4 Å². The van der Waals surface area contributed by atoms with Gasteiger partial charge in [-0.15, -0.1) is 0 Å². The second-order valence-corrected chi connectivity index (χ2v) is 12.6. The molecular formula is C26H30ClF2NO4S. The second-order valence-electron chi connectivity index (χ2n) is 9.97. The lowest BCUT2D eigenvalue weighted by Crippen LogP contribution is -2.55. The second kappa shape index (κ2) is 9.96. The number of sulfone groups is 1. The molecule has 0 bridgehead atoms. The summed E-state index contributed by atoms with van der Waals surface area (Å²) in [5.74, 6) is -1.38. The van der Waals surface area contributed by atoms with E-state index in [0.29, 0.717) is 24.5 Å². The molecule has 0 amide bonds. The van der Waals surface area contributed by atoms with Crippen LogP contribution in [0.4, 0.5) is 8.78 Å². The highest BCUT2D eigenvalue weighted by atomic mass is 35.5. The maximum Gasteiger partial charge on any atom is 0.165 e. The minimum Gasteiger partial charge on any atom is -0.490 e. The minimum absolute atomic E-state index is 0.00164. The largest absolute Gasteiger partial charge is 0.490 e. The first kappa shape index (κ1) is 24.9. The van der Waals surface area contributed by atoms with Crippen molar-refractivity contribution in [3.05, 3.63) is 64.2 Å². The van der Waals surface area contributed by atoms with Crippen molar-refractivity contribution in [2.24, 2.45) is 5.92 Å². The van der Waals surface area contributed by atoms with Crippen molar-refractivity contribution in [3.63, 3.8) is 0 Å². The average molecular weight is 526 g/mol. The van der Waals surface area contributed by atoms with Gasteiger partial charge in [0.25, 0.3) is 0 Å². The van der Waals surface area contributed by atoms with Crippen LogP contribution in [0.15, 0.2) is 36.4 Å². The van der Waals surface area contributed by atoms with E-state index in [1.54, 1.807) is 12.1 Å². The van der Waals surface area contributed by atoms with Crippen LogP contribution in [0.2, 0.25) is 5.02 Å². The molecular weight excluding hydrogens is 496 g/mol. The molecule has 0 aliphatic carbocycles. The molecule has 2 saturated heterocycles. The van der Waals surface area contributed by atoms with E-state index in [-0.39, 0.29) is 47.8 Å². The van der Waals surface area contributed by atoms with Gasteiger partial charge in [0.05, 0.1) is 24.2 Å². The highest BCUT2D eigenvalue weighted by molar-refractivity contribution is 7.91. The number of fused-ring (bicyclic) bond motifs is 3. The van der Waals surface area contributed by atoms with Crippen LogP contribution in [0.5, 0.6) is 5.75 Å². The molecule has 0 unspecified atom stereocenters. The molecule has 3 aliphatic rings. The SMILES string of the molecule is O=S(=O)(CC[C@@H]1OCC[C@@]2(Cc3ccc(Cl)cc3)c3c(F)ccc(F)c3OC[C@@H]12)C[C@@H]1CCCN1. The van der Waals surface area contributed by atoms with E-state index in [9.17, 15) is 12.8 Å². The first-order valence-electron chi connectivity index (χ1n) is 12.2. The molecule has 0 radical (unpaired) electrons. The molecule has 2 aromatic rings. The highest BCUT2D eigenvalue weighted by Crippen LogP contribution is 2.52. The summed E-state index contributed by atoms with van der Waals surface area (Å²) in [5, 5.41) is 3.84. The Morgan fingerprint density at radius 3 is 2.63 bits per heavy atom. The molecule has 3 aliphatic heterocycles. The van der Waals surface area contributed by atoms with Crippen LogP contribution in [-0.4, -0.2) is 51.8 Å². The van der Waals surface area contributed by atoms with Gasteiger partial charge in [-0.3, -0.25) is 0 Å². The quantitative estimate of drug-likeness (QED) is 0.578. The van der Waals surface area contributed by atoms with Gasteiger partial charge in [0.2, 0.25) is 0 Å². The molecule has 0 saturated carbocycles. The van der Waals surface area contributed by atoms with Crippen molar-refractivity contribution in [2.75, 3.05) is 31.3 Å². The lowest BCUT2D eigenvalue weighted by Gasteiger charge is -2.51. The Morgan fingerprint density at radius 1 is 1.11 bits per heavy atom. The van der Waals surface area contributed by atoms with E-state index in [1.807, 2.05) is 12.1 Å². The Hall–Kier alpha value is -1.74. The van der Waals surface area contributed by atoms with E-state index in [0.717, 1.165) is 37.1 Å². The van der Waals surface area contributed by atoms with Crippen molar-refractivity contribution in [1.29, 1.82) is 0 Å². The topological polar surface area (TPSA) is 64.6 Å². The molecule has 2 aromatic carbocycles. The Balaban J connectivity index is 1.45. The van der Waals surface area contributed by atoms with Crippen LogP contribution < -0.4 is 10.1 Å². The van der Waals surface area contributed by atoms with Crippen molar-refractivity contribution >= 4 is 21.4 Å². The fourth-order valence-corrected chi connectivity index (χ4v) is 7.86. The van der Waals surface area contributed by atoms with Crippen LogP contribution in [0.3, 0.4) is 0 Å². The number of hydrogen-bond acceptors (Lipinski definition) is 5. The molecule has 4 atom stereocenters. The van der Waals surface area contributed by atoms with Crippen molar-refractivity contribution in [1.82, 2.24) is 5.32 Å². The van der Waals surface area contributed by atoms with Gasteiger partial charge in [0.15, 0.2) is 21.4 Å². The Morgan fingerprint density at radius 2 is 1.89 bits per heavy atom. The standard InChI is InChI=1S/C26H30ClF2NO4S/c27-18-5-3-17(4-6-18)14-26-10-12-33-23(9-13-35(31,32)16-19-2-1-11-30-19)20(26)15-34-25-22(29)8-7-21(28)24(25)26/h3-8,19-20,23,30H,1-2,9-16H2/t19-,20-,23-,26-/m0/s1. The number of nitrogens with one attached hydrogen (secondary N) is 1. The number of benzene rings is 2. The summed E-state index contributed by atoms with van der Waals surface area (Å²) >= 11 is 6.07. The van der Waals surface area contributed by atoms with E-state index < -0.39 is 33.0 Å². The smallest absolute Gasteiger partial charge is 0.165 e. The molecule has 5 nitrogen and oxygen atoms in total. The molecule has 190 valence electrons. The van der Waals surface area contributed by atoms with Gasteiger partial charge in [-0.05, 0) is 68.5 Å². The van der Waals surface area contributed by atoms with Gasteiger partial charge in [0, 0.05) is 34.6 Å². The normalized spacial score (nSPS) is 28.3. The number of rotatable bonds is 7. The van der Waals surface area contributed by atoms with Crippen LogP contribution >= 0.6 is 11.6 Å². The van der Waals surface area contributed by atoms with Gasteiger partial charge < -0.3 is 14.8 Å². The Bertz CT molecular complexity index is 1170. The summed E-state index contributed by atoms with van der Waals surface area (Å²) < 4.78 is 67.6. The third-order valence-corrected chi connectivity index (χ3v) is 9.79. The molecule has 5 rings (SSSR count). The molecule has 35 heavy (non-hydrogen) atoms. The summed E-state index contributed by atoms with van der Waals surface area (Å²) in [6.07, 6.45) is 2.62. The lowest BCUT2D eigenvalue weighted by atomic mass is 9.60. The summed E-state index contributed by atoms with van der Waals surface area (Å²) in [7, 11) is -3.29. The van der Waals surface area contributed by atoms with E-state index >= 15 is 4.39 Å². The minimum atomic E-state index is -3.29. The predicted molar refractivity (Wildman–Crippen MR) is 131 cm³/mol. The van der Waals surface area contributed by atoms with E-state index in [1.165, 1.54) is 0 Å². The van der Waals surface area contributed by atoms with Crippen molar-refractivity contribution in [3.8, 4) is 5.75 Å². The monoisotopic (exact) mass is 525 g/mol. The first-order valence-corrected chi connectivity index (χ1v) is 14.4. The molecule has 9 heteroatoms. The fourth-order valence-electron chi connectivity index (χ4n) is 6.08. The number of ether oxygens (including phenoxy) is 2. The summed E-state index contributed by atoms with van der Waals surface area (Å²) in [4.78, 5) is 0. The zero-order chi connectivity index (χ0) is 24.6. The van der Waals surface area contributed by atoms with Crippen LogP contribution in [0.25, 0.3) is 0 Å². The molecule has 1 N–H and O–H groups in total. The van der Waals surface area contributed by atoms with Crippen LogP contribution in [0.1, 0.15) is 36.8 Å². The van der Waals surface area contributed by atoms with Gasteiger partial charge in [0.1, 0.15) is 5.82 Å². The number of hydrogen-bond donors (Lipinski definition) is 1. The van der Waals surface area contributed by atoms with Gasteiger partial charge in [-0.25, -0.2) is 17.2 Å². The van der Waals surface area contributed by atoms with E-state index in [2.05, 4.69) is 5.32 Å². The zero-order valence-electron chi connectivity index (χ0n) is 19.4. The fraction of sp³-hybridized carbons (Fsp3) is 0.538. The molecule has 3 heterocycles. The van der Waals surface area contributed by atoms with Crippen molar-refractivity contribution < 1.29 is 26.7 Å². The van der Waals surface area contributed by atoms with Crippen molar-refractivity contribution in [2.45, 2.75) is 49.7 Å². The summed E-state index contributed by atoms with van der Waals surface area (Å²) in [6, 6.07) is 9.58. The number of halogens is 3. The Labute approximate surface area is 210 Å². The highest BCUT2D eigenvalue weighted by Gasteiger charge is 2.53. The third-order valence-electron chi connectivity index (χ3n) is 7.77. The lowest BCUT2D eigenvalue weighted by molar-refractivity contribution is -0.0963. The maximum atomic E-state index is 15.4. The predicted octanol–water partition coefficient (Wildman–Crippen LogP) is 4.45. The molecule has 0 aromatic heterocycles. The maximum absolute atomic E-state index is 15.4. The van der Waals surface area contributed by atoms with Crippen LogP contribution in [0, 0.1) is 17.6 Å². The first-order chi connectivity index (χ1) is 16.8. The third kappa shape index (κ3) is 5.08. The zero-order valence-corrected chi connectivity index (χ0v) is 21.0. The van der Waals surface area contributed by atoms with E-state index in [4.69, 9.17) is 21.1 Å².